The second-order valence-electron chi connectivity index (χ2n) is 3.05. The summed E-state index contributed by atoms with van der Waals surface area (Å²) in [6.07, 6.45) is 0. The normalized spacial score (nSPS) is 9.93. The summed E-state index contributed by atoms with van der Waals surface area (Å²) in [5, 5.41) is 9.03. The largest absolute Gasteiger partial charge is 0.482 e. The van der Waals surface area contributed by atoms with Gasteiger partial charge in [0.1, 0.15) is 5.75 Å². The van der Waals surface area contributed by atoms with Gasteiger partial charge in [0.25, 0.3) is 0 Å². The lowest BCUT2D eigenvalue weighted by Crippen LogP contribution is -2.10. The van der Waals surface area contributed by atoms with E-state index < -0.39 is 5.97 Å². The highest BCUT2D eigenvalue weighted by Gasteiger charge is 2.06. The van der Waals surface area contributed by atoms with Gasteiger partial charge in [-0.1, -0.05) is 11.6 Å². The standard InChI is InChI=1S/C10H11ClO3/c1-6-3-8(11)7(2)9(4-6)14-5-10(12)13/h3-4H,5H2,1-2H3,(H,12,13). The number of hydrogen-bond acceptors (Lipinski definition) is 2. The maximum Gasteiger partial charge on any atom is 0.341 e. The molecule has 0 saturated heterocycles. The van der Waals surface area contributed by atoms with Crippen LogP contribution in [0.4, 0.5) is 0 Å². The van der Waals surface area contributed by atoms with E-state index in [1.54, 1.807) is 13.0 Å². The first-order valence-electron chi connectivity index (χ1n) is 4.12. The average molecular weight is 215 g/mol. The molecular formula is C10H11ClO3. The molecular weight excluding hydrogens is 204 g/mol. The predicted molar refractivity (Wildman–Crippen MR) is 54.1 cm³/mol. The van der Waals surface area contributed by atoms with E-state index in [0.717, 1.165) is 11.1 Å². The minimum absolute atomic E-state index is 0.347. The fraction of sp³-hybridized carbons (Fsp3) is 0.300. The monoisotopic (exact) mass is 214 g/mol. The van der Waals surface area contributed by atoms with Crippen LogP contribution >= 0.6 is 11.6 Å². The Labute approximate surface area is 87.3 Å². The summed E-state index contributed by atoms with van der Waals surface area (Å²) in [5.41, 5.74) is 1.71. The lowest BCUT2D eigenvalue weighted by atomic mass is 10.1. The van der Waals surface area contributed by atoms with E-state index in [1.165, 1.54) is 0 Å². The zero-order valence-electron chi connectivity index (χ0n) is 8.00. The van der Waals surface area contributed by atoms with Crippen LogP contribution in [0, 0.1) is 13.8 Å². The molecule has 76 valence electrons. The Morgan fingerprint density at radius 1 is 1.50 bits per heavy atom. The van der Waals surface area contributed by atoms with Crippen molar-refractivity contribution < 1.29 is 14.6 Å². The number of halogens is 1. The molecule has 0 aliphatic carbocycles. The van der Waals surface area contributed by atoms with E-state index >= 15 is 0 Å². The number of carboxylic acids is 1. The molecule has 1 aromatic rings. The van der Waals surface area contributed by atoms with Gasteiger partial charge in [0, 0.05) is 10.6 Å². The van der Waals surface area contributed by atoms with Crippen molar-refractivity contribution in [1.82, 2.24) is 0 Å². The Balaban J connectivity index is 2.90. The molecule has 0 bridgehead atoms. The fourth-order valence-electron chi connectivity index (χ4n) is 1.07. The number of benzene rings is 1. The number of hydrogen-bond donors (Lipinski definition) is 1. The summed E-state index contributed by atoms with van der Waals surface area (Å²) in [6, 6.07) is 3.58. The van der Waals surface area contributed by atoms with Gasteiger partial charge >= 0.3 is 5.97 Å². The van der Waals surface area contributed by atoms with E-state index in [2.05, 4.69) is 0 Å². The lowest BCUT2D eigenvalue weighted by molar-refractivity contribution is -0.139. The van der Waals surface area contributed by atoms with Crippen molar-refractivity contribution in [3.05, 3.63) is 28.3 Å². The number of aryl methyl sites for hydroxylation is 1. The summed E-state index contributed by atoms with van der Waals surface area (Å²) < 4.78 is 5.08. The highest BCUT2D eigenvalue weighted by molar-refractivity contribution is 6.31. The van der Waals surface area contributed by atoms with Crippen molar-refractivity contribution in [3.8, 4) is 5.75 Å². The van der Waals surface area contributed by atoms with Crippen LogP contribution in [0.2, 0.25) is 5.02 Å². The SMILES string of the molecule is Cc1cc(Cl)c(C)c(OCC(=O)O)c1. The van der Waals surface area contributed by atoms with E-state index in [4.69, 9.17) is 21.4 Å². The number of carboxylic acid groups (broad SMARTS) is 1. The second kappa shape index (κ2) is 4.33. The lowest BCUT2D eigenvalue weighted by Gasteiger charge is -2.09. The van der Waals surface area contributed by atoms with Gasteiger partial charge in [-0.15, -0.1) is 0 Å². The van der Waals surface area contributed by atoms with Crippen LogP contribution in [0.25, 0.3) is 0 Å². The van der Waals surface area contributed by atoms with E-state index in [1.807, 2.05) is 13.0 Å². The van der Waals surface area contributed by atoms with E-state index in [-0.39, 0.29) is 6.61 Å². The van der Waals surface area contributed by atoms with Crippen molar-refractivity contribution in [2.24, 2.45) is 0 Å². The Morgan fingerprint density at radius 2 is 2.14 bits per heavy atom. The highest BCUT2D eigenvalue weighted by atomic mass is 35.5. The van der Waals surface area contributed by atoms with Gasteiger partial charge in [0.2, 0.25) is 0 Å². The quantitative estimate of drug-likeness (QED) is 0.841. The molecule has 0 heterocycles. The molecule has 3 nitrogen and oxygen atoms in total. The Bertz CT molecular complexity index is 361. The molecule has 1 rings (SSSR count). The summed E-state index contributed by atoms with van der Waals surface area (Å²) in [4.78, 5) is 10.3. The predicted octanol–water partition coefficient (Wildman–Crippen LogP) is 2.42. The van der Waals surface area contributed by atoms with Gasteiger partial charge in [0.05, 0.1) is 0 Å². The van der Waals surface area contributed by atoms with Crippen LogP contribution in [0.5, 0.6) is 5.75 Å². The maximum absolute atomic E-state index is 10.3. The van der Waals surface area contributed by atoms with Crippen molar-refractivity contribution in [3.63, 3.8) is 0 Å². The first kappa shape index (κ1) is 10.9. The molecule has 0 unspecified atom stereocenters. The topological polar surface area (TPSA) is 46.5 Å². The first-order chi connectivity index (χ1) is 6.50. The second-order valence-corrected chi connectivity index (χ2v) is 3.46. The number of ether oxygens (including phenoxy) is 1. The third-order valence-electron chi connectivity index (χ3n) is 1.79. The van der Waals surface area contributed by atoms with Gasteiger partial charge in [-0.05, 0) is 31.5 Å². The van der Waals surface area contributed by atoms with Crippen LogP contribution < -0.4 is 4.74 Å². The molecule has 4 heteroatoms. The molecule has 0 fully saturated rings. The van der Waals surface area contributed by atoms with Crippen LogP contribution in [0.15, 0.2) is 12.1 Å². The summed E-state index contributed by atoms with van der Waals surface area (Å²) in [7, 11) is 0. The molecule has 0 radical (unpaired) electrons. The molecule has 14 heavy (non-hydrogen) atoms. The maximum atomic E-state index is 10.3. The average Bonchev–Trinajstić information content (AvgIpc) is 2.08. The Morgan fingerprint density at radius 3 is 2.71 bits per heavy atom. The minimum Gasteiger partial charge on any atom is -0.482 e. The third kappa shape index (κ3) is 2.64. The number of rotatable bonds is 3. The van der Waals surface area contributed by atoms with Gasteiger partial charge in [0.15, 0.2) is 6.61 Å². The fourth-order valence-corrected chi connectivity index (χ4v) is 1.34. The van der Waals surface area contributed by atoms with Crippen LogP contribution in [-0.4, -0.2) is 17.7 Å². The van der Waals surface area contributed by atoms with E-state index in [0.29, 0.717) is 10.8 Å². The zero-order valence-corrected chi connectivity index (χ0v) is 8.76. The molecule has 0 spiro atoms. The molecule has 0 aliphatic heterocycles. The molecule has 1 N–H and O–H groups in total. The van der Waals surface area contributed by atoms with Crippen molar-refractivity contribution >= 4 is 17.6 Å². The highest BCUT2D eigenvalue weighted by Crippen LogP contribution is 2.27. The van der Waals surface area contributed by atoms with Gasteiger partial charge in [-0.3, -0.25) is 0 Å². The molecule has 0 atom stereocenters. The van der Waals surface area contributed by atoms with Gasteiger partial charge < -0.3 is 9.84 Å². The molecule has 1 aromatic carbocycles. The van der Waals surface area contributed by atoms with E-state index in [9.17, 15) is 4.79 Å². The summed E-state index contributed by atoms with van der Waals surface area (Å²) >= 11 is 5.91. The molecule has 0 aromatic heterocycles. The third-order valence-corrected chi connectivity index (χ3v) is 2.18. The Kier molecular flexibility index (Phi) is 3.36. The van der Waals surface area contributed by atoms with Crippen LogP contribution in [-0.2, 0) is 4.79 Å². The summed E-state index contributed by atoms with van der Waals surface area (Å²) in [5.74, 6) is -0.473. The molecule has 0 saturated carbocycles. The molecule has 0 amide bonds. The molecule has 0 aliphatic rings. The zero-order chi connectivity index (χ0) is 10.7. The van der Waals surface area contributed by atoms with Crippen LogP contribution in [0.1, 0.15) is 11.1 Å². The smallest absolute Gasteiger partial charge is 0.341 e. The first-order valence-corrected chi connectivity index (χ1v) is 4.50. The van der Waals surface area contributed by atoms with Crippen molar-refractivity contribution in [1.29, 1.82) is 0 Å². The van der Waals surface area contributed by atoms with Crippen molar-refractivity contribution in [2.45, 2.75) is 13.8 Å². The van der Waals surface area contributed by atoms with Crippen LogP contribution in [0.3, 0.4) is 0 Å². The summed E-state index contributed by atoms with van der Waals surface area (Å²) in [6.45, 7) is 3.32. The number of carbonyl (C=O) groups is 1. The number of aliphatic carboxylic acids is 1. The van der Waals surface area contributed by atoms with Crippen molar-refractivity contribution in [2.75, 3.05) is 6.61 Å². The Hall–Kier alpha value is -1.22. The minimum atomic E-state index is -0.998. The van der Waals surface area contributed by atoms with Gasteiger partial charge in [-0.25, -0.2) is 4.79 Å². The van der Waals surface area contributed by atoms with Gasteiger partial charge in [-0.2, -0.15) is 0 Å².